The average Bonchev–Trinajstić information content (AvgIpc) is 2.91. The van der Waals surface area contributed by atoms with Crippen LogP contribution in [0.15, 0.2) is 53.7 Å². The molecule has 0 radical (unpaired) electrons. The standard InChI is InChI=1S/C28H30ClFN4O5S/c1-4-39-28(36)33-40(37,38)26-15-25(32-24-14-17(2)23(29)13-18(24)3)22(16-31-26)27(35)34-11-9-20(10-12-34)19-5-7-21(30)8-6-19/h5-8,13-16,20H,4,9-12H2,1-3H3,(H,31,32)(H,33,36). The molecule has 3 aromatic rings. The first kappa shape index (κ1) is 29.3. The molecule has 2 N–H and O–H groups in total. The van der Waals surface area contributed by atoms with Gasteiger partial charge in [-0.1, -0.05) is 23.7 Å². The predicted octanol–water partition coefficient (Wildman–Crippen LogP) is 5.69. The summed E-state index contributed by atoms with van der Waals surface area (Å²) in [5, 5.41) is 3.28. The lowest BCUT2D eigenvalue weighted by Crippen LogP contribution is -2.38. The van der Waals surface area contributed by atoms with Crippen molar-refractivity contribution >= 4 is 45.0 Å². The van der Waals surface area contributed by atoms with Gasteiger partial charge in [0.25, 0.3) is 15.9 Å². The van der Waals surface area contributed by atoms with Crippen molar-refractivity contribution in [3.8, 4) is 0 Å². The maximum Gasteiger partial charge on any atom is 0.421 e. The Hall–Kier alpha value is -3.70. The van der Waals surface area contributed by atoms with Crippen molar-refractivity contribution in [3.63, 3.8) is 0 Å². The van der Waals surface area contributed by atoms with Gasteiger partial charge in [-0.05, 0) is 80.5 Å². The van der Waals surface area contributed by atoms with Crippen molar-refractivity contribution in [1.29, 1.82) is 0 Å². The number of nitrogens with one attached hydrogen (secondary N) is 2. The van der Waals surface area contributed by atoms with Crippen LogP contribution in [-0.4, -0.2) is 50.0 Å². The number of halogens is 2. The van der Waals surface area contributed by atoms with Crippen LogP contribution >= 0.6 is 11.6 Å². The molecule has 1 saturated heterocycles. The summed E-state index contributed by atoms with van der Waals surface area (Å²) in [6, 6.07) is 11.2. The van der Waals surface area contributed by atoms with E-state index in [1.165, 1.54) is 24.4 Å². The van der Waals surface area contributed by atoms with Crippen molar-refractivity contribution < 1.29 is 27.1 Å². The zero-order valence-electron chi connectivity index (χ0n) is 22.3. The number of pyridine rings is 1. The summed E-state index contributed by atoms with van der Waals surface area (Å²) >= 11 is 6.25. The van der Waals surface area contributed by atoms with Crippen molar-refractivity contribution in [3.05, 3.63) is 81.8 Å². The Bertz CT molecular complexity index is 1520. The van der Waals surface area contributed by atoms with Crippen LogP contribution in [-0.2, 0) is 14.8 Å². The summed E-state index contributed by atoms with van der Waals surface area (Å²) in [7, 11) is -4.38. The van der Waals surface area contributed by atoms with Gasteiger partial charge in [0.2, 0.25) is 0 Å². The Morgan fingerprint density at radius 3 is 2.40 bits per heavy atom. The molecule has 9 nitrogen and oxygen atoms in total. The second-order valence-corrected chi connectivity index (χ2v) is 11.6. The minimum absolute atomic E-state index is 0.0118. The quantitative estimate of drug-likeness (QED) is 0.364. The molecular formula is C28H30ClFN4O5S. The molecule has 1 fully saturated rings. The number of benzene rings is 2. The number of hydrogen-bond acceptors (Lipinski definition) is 7. The zero-order chi connectivity index (χ0) is 29.0. The van der Waals surface area contributed by atoms with E-state index >= 15 is 0 Å². The van der Waals surface area contributed by atoms with E-state index in [2.05, 4.69) is 15.0 Å². The molecule has 1 aliphatic heterocycles. The smallest absolute Gasteiger partial charge is 0.421 e. The molecule has 0 aliphatic carbocycles. The molecule has 2 amide bonds. The topological polar surface area (TPSA) is 118 Å². The molecule has 0 atom stereocenters. The molecule has 12 heteroatoms. The highest BCUT2D eigenvalue weighted by Gasteiger charge is 2.28. The number of amides is 2. The summed E-state index contributed by atoms with van der Waals surface area (Å²) in [5.74, 6) is -0.419. The van der Waals surface area contributed by atoms with Crippen LogP contribution in [0.2, 0.25) is 5.02 Å². The van der Waals surface area contributed by atoms with Crippen LogP contribution < -0.4 is 10.0 Å². The van der Waals surface area contributed by atoms with Crippen LogP contribution in [0, 0.1) is 19.7 Å². The van der Waals surface area contributed by atoms with Gasteiger partial charge < -0.3 is 15.0 Å². The number of carbonyl (C=O) groups is 2. The lowest BCUT2D eigenvalue weighted by molar-refractivity contribution is 0.0713. The van der Waals surface area contributed by atoms with Gasteiger partial charge in [-0.2, -0.15) is 8.42 Å². The summed E-state index contributed by atoms with van der Waals surface area (Å²) in [5.41, 5.74) is 3.59. The number of carbonyl (C=O) groups excluding carboxylic acids is 2. The molecule has 0 bridgehead atoms. The number of nitrogens with zero attached hydrogens (tertiary/aromatic N) is 2. The predicted molar refractivity (Wildman–Crippen MR) is 150 cm³/mol. The fourth-order valence-corrected chi connectivity index (χ4v) is 5.63. The lowest BCUT2D eigenvalue weighted by atomic mass is 9.89. The Labute approximate surface area is 237 Å². The molecule has 1 aliphatic rings. The van der Waals surface area contributed by atoms with Gasteiger partial charge in [-0.25, -0.2) is 18.9 Å². The van der Waals surface area contributed by atoms with Gasteiger partial charge in [0.05, 0.1) is 17.9 Å². The van der Waals surface area contributed by atoms with E-state index in [9.17, 15) is 22.4 Å². The van der Waals surface area contributed by atoms with E-state index in [1.54, 1.807) is 36.1 Å². The fourth-order valence-electron chi connectivity index (χ4n) is 4.56. The molecule has 0 unspecified atom stereocenters. The number of anilines is 2. The van der Waals surface area contributed by atoms with E-state index in [4.69, 9.17) is 11.6 Å². The number of piperidine rings is 1. The maximum absolute atomic E-state index is 13.7. The molecule has 4 rings (SSSR count). The third-order valence-electron chi connectivity index (χ3n) is 6.78. The first-order valence-corrected chi connectivity index (χ1v) is 14.6. The number of aromatic nitrogens is 1. The second kappa shape index (κ2) is 12.2. The molecule has 0 spiro atoms. The van der Waals surface area contributed by atoms with E-state index < -0.39 is 21.1 Å². The average molecular weight is 589 g/mol. The number of likely N-dealkylation sites (tertiary alicyclic amines) is 1. The monoisotopic (exact) mass is 588 g/mol. The van der Waals surface area contributed by atoms with Crippen molar-refractivity contribution in [2.75, 3.05) is 25.0 Å². The van der Waals surface area contributed by atoms with Gasteiger partial charge in [-0.15, -0.1) is 0 Å². The number of sulfonamides is 1. The lowest BCUT2D eigenvalue weighted by Gasteiger charge is -2.32. The third-order valence-corrected chi connectivity index (χ3v) is 8.39. The number of rotatable bonds is 7. The molecule has 2 heterocycles. The van der Waals surface area contributed by atoms with Crippen LogP contribution in [0.25, 0.3) is 0 Å². The van der Waals surface area contributed by atoms with Gasteiger partial charge in [0, 0.05) is 36.1 Å². The van der Waals surface area contributed by atoms with E-state index in [0.29, 0.717) is 36.6 Å². The summed E-state index contributed by atoms with van der Waals surface area (Å²) in [6.45, 7) is 6.12. The Morgan fingerprint density at radius 2 is 1.75 bits per heavy atom. The minimum atomic E-state index is -4.38. The fraction of sp³-hybridized carbons (Fsp3) is 0.321. The van der Waals surface area contributed by atoms with E-state index in [0.717, 1.165) is 16.7 Å². The SMILES string of the molecule is CCOC(=O)NS(=O)(=O)c1cc(Nc2cc(C)c(Cl)cc2C)c(C(=O)N2CCC(c3ccc(F)cc3)CC2)cn1. The van der Waals surface area contributed by atoms with Gasteiger partial charge in [0.1, 0.15) is 5.82 Å². The van der Waals surface area contributed by atoms with Crippen molar-refractivity contribution in [1.82, 2.24) is 14.6 Å². The minimum Gasteiger partial charge on any atom is -0.449 e. The summed E-state index contributed by atoms with van der Waals surface area (Å²) in [6.07, 6.45) is 1.44. The number of hydrogen-bond donors (Lipinski definition) is 2. The molecule has 2 aromatic carbocycles. The van der Waals surface area contributed by atoms with E-state index in [1.807, 2.05) is 18.6 Å². The Morgan fingerprint density at radius 1 is 1.07 bits per heavy atom. The zero-order valence-corrected chi connectivity index (χ0v) is 23.9. The van der Waals surface area contributed by atoms with Crippen molar-refractivity contribution in [2.45, 2.75) is 44.6 Å². The van der Waals surface area contributed by atoms with Crippen LogP contribution in [0.4, 0.5) is 20.6 Å². The van der Waals surface area contributed by atoms with E-state index in [-0.39, 0.29) is 35.5 Å². The van der Waals surface area contributed by atoms with Gasteiger partial charge in [0.15, 0.2) is 5.03 Å². The molecular weight excluding hydrogens is 559 g/mol. The number of ether oxygens (including phenoxy) is 1. The summed E-state index contributed by atoms with van der Waals surface area (Å²) in [4.78, 5) is 31.2. The van der Waals surface area contributed by atoms with Crippen LogP contribution in [0.1, 0.15) is 52.7 Å². The normalized spacial score (nSPS) is 14.1. The van der Waals surface area contributed by atoms with Crippen LogP contribution in [0.5, 0.6) is 0 Å². The summed E-state index contributed by atoms with van der Waals surface area (Å²) < 4.78 is 45.5. The maximum atomic E-state index is 13.7. The largest absolute Gasteiger partial charge is 0.449 e. The van der Waals surface area contributed by atoms with Gasteiger partial charge >= 0.3 is 6.09 Å². The van der Waals surface area contributed by atoms with Crippen LogP contribution in [0.3, 0.4) is 0 Å². The highest BCUT2D eigenvalue weighted by Crippen LogP contribution is 2.32. The van der Waals surface area contributed by atoms with Gasteiger partial charge in [-0.3, -0.25) is 4.79 Å². The molecule has 212 valence electrons. The second-order valence-electron chi connectivity index (χ2n) is 9.55. The van der Waals surface area contributed by atoms with Crippen molar-refractivity contribution in [2.24, 2.45) is 0 Å². The first-order valence-electron chi connectivity index (χ1n) is 12.8. The Kier molecular flexibility index (Phi) is 8.95. The molecule has 1 aromatic heterocycles. The highest BCUT2D eigenvalue weighted by atomic mass is 35.5. The first-order chi connectivity index (χ1) is 19.0. The number of aryl methyl sites for hydroxylation is 2. The molecule has 40 heavy (non-hydrogen) atoms. The molecule has 0 saturated carbocycles. The Balaban J connectivity index is 1.63. The highest BCUT2D eigenvalue weighted by molar-refractivity contribution is 7.90. The third kappa shape index (κ3) is 6.71.